The molecule has 2 heterocycles. The fraction of sp³-hybridized carbons (Fsp3) is 0.700. The first-order valence-corrected chi connectivity index (χ1v) is 9.95. The van der Waals surface area contributed by atoms with Crippen LogP contribution in [0.2, 0.25) is 0 Å². The van der Waals surface area contributed by atoms with E-state index < -0.39 is 5.97 Å². The second-order valence-corrected chi connectivity index (χ2v) is 7.80. The summed E-state index contributed by atoms with van der Waals surface area (Å²) in [7, 11) is 0. The van der Waals surface area contributed by atoms with Crippen LogP contribution in [0, 0.1) is 13.8 Å². The number of nitrogens with zero attached hydrogens (tertiary/aromatic N) is 1. The van der Waals surface area contributed by atoms with Gasteiger partial charge in [0.2, 0.25) is 0 Å². The first-order valence-electron chi connectivity index (χ1n) is 9.95. The van der Waals surface area contributed by atoms with Crippen molar-refractivity contribution in [3.8, 4) is 0 Å². The first kappa shape index (κ1) is 19.0. The number of aromatic amines is 1. The van der Waals surface area contributed by atoms with E-state index in [-0.39, 0.29) is 11.6 Å². The largest absolute Gasteiger partial charge is 0.477 e. The maximum Gasteiger partial charge on any atom is 0.352 e. The van der Waals surface area contributed by atoms with Crippen LogP contribution in [0.3, 0.4) is 0 Å². The minimum atomic E-state index is -1.03. The van der Waals surface area contributed by atoms with E-state index in [1.54, 1.807) is 13.8 Å². The van der Waals surface area contributed by atoms with Gasteiger partial charge in [0, 0.05) is 24.3 Å². The zero-order valence-corrected chi connectivity index (χ0v) is 15.9. The summed E-state index contributed by atoms with van der Waals surface area (Å²) in [6, 6.07) is 1.30. The van der Waals surface area contributed by atoms with E-state index in [9.17, 15) is 14.7 Å². The molecule has 26 heavy (non-hydrogen) atoms. The molecule has 1 aromatic heterocycles. The van der Waals surface area contributed by atoms with E-state index in [0.717, 1.165) is 12.5 Å². The average Bonchev–Trinajstić information content (AvgIpc) is 3.23. The highest BCUT2D eigenvalue weighted by Crippen LogP contribution is 2.30. The minimum Gasteiger partial charge on any atom is -0.477 e. The Labute approximate surface area is 155 Å². The van der Waals surface area contributed by atoms with E-state index in [1.807, 2.05) is 0 Å². The standard InChI is InChI=1S/C20H31N3O3/c1-13-17(14(2)22-18(13)20(25)26)19(24)21-11-10-16-9-5-6-12-23(16)15-7-3-4-8-15/h15-16,22H,3-12H2,1-2H3,(H,21,24)(H,25,26). The number of amides is 1. The Morgan fingerprint density at radius 2 is 1.85 bits per heavy atom. The first-order chi connectivity index (χ1) is 12.5. The molecular weight excluding hydrogens is 330 g/mol. The number of carbonyl (C=O) groups excluding carboxylic acids is 1. The van der Waals surface area contributed by atoms with Crippen LogP contribution in [0.15, 0.2) is 0 Å². The lowest BCUT2D eigenvalue weighted by Crippen LogP contribution is -2.46. The smallest absolute Gasteiger partial charge is 0.352 e. The molecule has 2 fully saturated rings. The van der Waals surface area contributed by atoms with Crippen LogP contribution < -0.4 is 5.32 Å². The second-order valence-electron chi connectivity index (χ2n) is 7.80. The molecule has 2 aliphatic rings. The van der Waals surface area contributed by atoms with Crippen molar-refractivity contribution in [1.29, 1.82) is 0 Å². The summed E-state index contributed by atoms with van der Waals surface area (Å²) < 4.78 is 0. The van der Waals surface area contributed by atoms with Gasteiger partial charge in [-0.15, -0.1) is 0 Å². The van der Waals surface area contributed by atoms with Crippen LogP contribution >= 0.6 is 0 Å². The fourth-order valence-corrected chi connectivity index (χ4v) is 4.79. The molecule has 1 saturated carbocycles. The number of carbonyl (C=O) groups is 2. The number of likely N-dealkylation sites (tertiary alicyclic amines) is 1. The predicted molar refractivity (Wildman–Crippen MR) is 101 cm³/mol. The number of nitrogens with one attached hydrogen (secondary N) is 2. The third-order valence-corrected chi connectivity index (χ3v) is 6.11. The molecular formula is C20H31N3O3. The molecule has 144 valence electrons. The maximum absolute atomic E-state index is 12.6. The Morgan fingerprint density at radius 1 is 1.15 bits per heavy atom. The molecule has 0 aromatic carbocycles. The summed E-state index contributed by atoms with van der Waals surface area (Å²) in [5.41, 5.74) is 1.70. The van der Waals surface area contributed by atoms with Gasteiger partial charge in [0.1, 0.15) is 5.69 Å². The van der Waals surface area contributed by atoms with Crippen molar-refractivity contribution in [2.75, 3.05) is 13.1 Å². The van der Waals surface area contributed by atoms with Gasteiger partial charge >= 0.3 is 5.97 Å². The predicted octanol–water partition coefficient (Wildman–Crippen LogP) is 3.25. The van der Waals surface area contributed by atoms with Gasteiger partial charge in [0.05, 0.1) is 5.56 Å². The molecule has 1 aliphatic heterocycles. The molecule has 0 bridgehead atoms. The van der Waals surface area contributed by atoms with Crippen molar-refractivity contribution < 1.29 is 14.7 Å². The molecule has 1 saturated heterocycles. The summed E-state index contributed by atoms with van der Waals surface area (Å²) in [6.45, 7) is 5.27. The summed E-state index contributed by atoms with van der Waals surface area (Å²) in [4.78, 5) is 29.3. The van der Waals surface area contributed by atoms with Crippen LogP contribution in [-0.2, 0) is 0 Å². The Balaban J connectivity index is 1.57. The molecule has 1 atom stereocenters. The number of piperidine rings is 1. The maximum atomic E-state index is 12.6. The number of hydrogen-bond acceptors (Lipinski definition) is 3. The quantitative estimate of drug-likeness (QED) is 0.726. The average molecular weight is 361 g/mol. The van der Waals surface area contributed by atoms with Crippen molar-refractivity contribution in [2.24, 2.45) is 0 Å². The zero-order chi connectivity index (χ0) is 18.7. The molecule has 3 N–H and O–H groups in total. The molecule has 1 amide bonds. The number of carboxylic acid groups (broad SMARTS) is 1. The third kappa shape index (κ3) is 3.95. The number of hydrogen-bond donors (Lipinski definition) is 3. The van der Waals surface area contributed by atoms with Gasteiger partial charge in [-0.3, -0.25) is 9.69 Å². The van der Waals surface area contributed by atoms with E-state index in [4.69, 9.17) is 0 Å². The fourth-order valence-electron chi connectivity index (χ4n) is 4.79. The molecule has 0 spiro atoms. The highest BCUT2D eigenvalue weighted by molar-refractivity contribution is 6.00. The zero-order valence-electron chi connectivity index (χ0n) is 15.9. The van der Waals surface area contributed by atoms with Crippen molar-refractivity contribution in [3.63, 3.8) is 0 Å². The Kier molecular flexibility index (Phi) is 6.01. The van der Waals surface area contributed by atoms with Crippen LogP contribution in [0.1, 0.15) is 83.5 Å². The van der Waals surface area contributed by atoms with E-state index in [0.29, 0.717) is 29.4 Å². The summed E-state index contributed by atoms with van der Waals surface area (Å²) in [6.07, 6.45) is 10.1. The number of carboxylic acids is 1. The SMILES string of the molecule is Cc1[nH]c(C(=O)O)c(C)c1C(=O)NCCC1CCCCN1C1CCCC1. The normalized spacial score (nSPS) is 21.8. The van der Waals surface area contributed by atoms with Crippen molar-refractivity contribution in [1.82, 2.24) is 15.2 Å². The molecule has 0 radical (unpaired) electrons. The lowest BCUT2D eigenvalue weighted by molar-refractivity contribution is 0.0690. The summed E-state index contributed by atoms with van der Waals surface area (Å²) in [5.74, 6) is -1.20. The van der Waals surface area contributed by atoms with Gasteiger partial charge in [0.25, 0.3) is 5.91 Å². The highest BCUT2D eigenvalue weighted by Gasteiger charge is 2.30. The minimum absolute atomic E-state index is 0.104. The molecule has 1 aliphatic carbocycles. The van der Waals surface area contributed by atoms with Gasteiger partial charge in [-0.1, -0.05) is 19.3 Å². The van der Waals surface area contributed by atoms with Crippen molar-refractivity contribution >= 4 is 11.9 Å². The second kappa shape index (κ2) is 8.25. The van der Waals surface area contributed by atoms with Gasteiger partial charge in [-0.05, 0) is 58.1 Å². The molecule has 6 heteroatoms. The van der Waals surface area contributed by atoms with Gasteiger partial charge in [-0.2, -0.15) is 0 Å². The summed E-state index contributed by atoms with van der Waals surface area (Å²) in [5, 5.41) is 12.2. The van der Waals surface area contributed by atoms with Crippen LogP contribution in [0.5, 0.6) is 0 Å². The number of rotatable bonds is 6. The van der Waals surface area contributed by atoms with E-state index in [1.165, 1.54) is 51.5 Å². The number of aromatic carboxylic acids is 1. The number of aromatic nitrogens is 1. The Morgan fingerprint density at radius 3 is 2.50 bits per heavy atom. The molecule has 1 aromatic rings. The van der Waals surface area contributed by atoms with Crippen LogP contribution in [0.4, 0.5) is 0 Å². The van der Waals surface area contributed by atoms with Crippen LogP contribution in [0.25, 0.3) is 0 Å². The van der Waals surface area contributed by atoms with Crippen LogP contribution in [-0.4, -0.2) is 52.0 Å². The molecule has 6 nitrogen and oxygen atoms in total. The van der Waals surface area contributed by atoms with Crippen molar-refractivity contribution in [3.05, 3.63) is 22.5 Å². The van der Waals surface area contributed by atoms with Crippen molar-refractivity contribution in [2.45, 2.75) is 77.3 Å². The number of aryl methyl sites for hydroxylation is 1. The van der Waals surface area contributed by atoms with Gasteiger partial charge in [-0.25, -0.2) is 4.79 Å². The lowest BCUT2D eigenvalue weighted by Gasteiger charge is -2.40. The third-order valence-electron chi connectivity index (χ3n) is 6.11. The van der Waals surface area contributed by atoms with E-state index >= 15 is 0 Å². The Hall–Kier alpha value is -1.82. The van der Waals surface area contributed by atoms with Gasteiger partial charge in [0.15, 0.2) is 0 Å². The molecule has 3 rings (SSSR count). The number of H-pyrrole nitrogens is 1. The topological polar surface area (TPSA) is 85.4 Å². The van der Waals surface area contributed by atoms with Gasteiger partial charge < -0.3 is 15.4 Å². The van der Waals surface area contributed by atoms with E-state index in [2.05, 4.69) is 15.2 Å². The lowest BCUT2D eigenvalue weighted by atomic mass is 9.96. The monoisotopic (exact) mass is 361 g/mol. The highest BCUT2D eigenvalue weighted by atomic mass is 16.4. The summed E-state index contributed by atoms with van der Waals surface area (Å²) >= 11 is 0. The molecule has 1 unspecified atom stereocenters. The Bertz CT molecular complexity index is 662.